The number of aryl methyl sites for hydroxylation is 1. The summed E-state index contributed by atoms with van der Waals surface area (Å²) in [5.74, 6) is 2.54. The molecule has 0 saturated heterocycles. The van der Waals surface area contributed by atoms with Crippen LogP contribution >= 0.6 is 12.6 Å². The Morgan fingerprint density at radius 1 is 1.18 bits per heavy atom. The summed E-state index contributed by atoms with van der Waals surface area (Å²) in [5.41, 5.74) is 1.83. The zero-order valence-electron chi connectivity index (χ0n) is 12.5. The largest absolute Gasteiger partial charge is 0.326 e. The number of anilines is 1. The lowest BCUT2D eigenvalue weighted by atomic mass is 10.2. The van der Waals surface area contributed by atoms with Gasteiger partial charge in [0.05, 0.1) is 0 Å². The Kier molecular flexibility index (Phi) is 4.77. The van der Waals surface area contributed by atoms with Crippen molar-refractivity contribution < 1.29 is 4.79 Å². The van der Waals surface area contributed by atoms with E-state index in [1.54, 1.807) is 0 Å². The molecule has 0 atom stereocenters. The Balaban J connectivity index is 1.78. The maximum atomic E-state index is 11.6. The average Bonchev–Trinajstić information content (AvgIpc) is 2.77. The fourth-order valence-corrected chi connectivity index (χ4v) is 2.93. The number of amides is 1. The SMILES string of the molecule is O=C(CCS)Nc1ccc(-c2nnc3n2CCCCC3)cc1. The predicted molar refractivity (Wildman–Crippen MR) is 90.1 cm³/mol. The van der Waals surface area contributed by atoms with E-state index in [2.05, 4.69) is 32.7 Å². The third kappa shape index (κ3) is 3.32. The van der Waals surface area contributed by atoms with Gasteiger partial charge in [0, 0.05) is 30.6 Å². The van der Waals surface area contributed by atoms with E-state index in [0.29, 0.717) is 12.2 Å². The van der Waals surface area contributed by atoms with Gasteiger partial charge in [0.2, 0.25) is 5.91 Å². The van der Waals surface area contributed by atoms with Crippen molar-refractivity contribution in [2.45, 2.75) is 38.6 Å². The van der Waals surface area contributed by atoms with Crippen LogP contribution in [0.25, 0.3) is 11.4 Å². The fraction of sp³-hybridized carbons (Fsp3) is 0.438. The lowest BCUT2D eigenvalue weighted by Gasteiger charge is -2.08. The third-order valence-corrected chi connectivity index (χ3v) is 4.10. The summed E-state index contributed by atoms with van der Waals surface area (Å²) in [7, 11) is 0. The van der Waals surface area contributed by atoms with Crippen LogP contribution in [0.15, 0.2) is 24.3 Å². The summed E-state index contributed by atoms with van der Waals surface area (Å²) in [6, 6.07) is 7.78. The number of benzene rings is 1. The van der Waals surface area contributed by atoms with E-state index >= 15 is 0 Å². The lowest BCUT2D eigenvalue weighted by Crippen LogP contribution is -2.11. The Morgan fingerprint density at radius 3 is 2.77 bits per heavy atom. The molecule has 1 aliphatic heterocycles. The topological polar surface area (TPSA) is 59.8 Å². The number of nitrogens with one attached hydrogen (secondary N) is 1. The van der Waals surface area contributed by atoms with Crippen molar-refractivity contribution in [3.05, 3.63) is 30.1 Å². The molecular formula is C16H20N4OS. The average molecular weight is 316 g/mol. The molecule has 3 rings (SSSR count). The molecule has 0 aliphatic carbocycles. The number of hydrogen-bond acceptors (Lipinski definition) is 4. The molecule has 2 heterocycles. The number of nitrogens with zero attached hydrogens (tertiary/aromatic N) is 3. The van der Waals surface area contributed by atoms with Gasteiger partial charge in [0.15, 0.2) is 5.82 Å². The number of carbonyl (C=O) groups is 1. The van der Waals surface area contributed by atoms with Crippen molar-refractivity contribution in [1.29, 1.82) is 0 Å². The standard InChI is InChI=1S/C16H20N4OS/c21-15(9-11-22)17-13-7-5-12(6-8-13)16-19-18-14-4-2-1-3-10-20(14)16/h5-8,22H,1-4,9-11H2,(H,17,21). The Morgan fingerprint density at radius 2 is 2.00 bits per heavy atom. The number of hydrogen-bond donors (Lipinski definition) is 2. The zero-order valence-corrected chi connectivity index (χ0v) is 13.4. The van der Waals surface area contributed by atoms with Crippen LogP contribution < -0.4 is 5.32 Å². The van der Waals surface area contributed by atoms with Crippen molar-refractivity contribution >= 4 is 24.2 Å². The smallest absolute Gasteiger partial charge is 0.225 e. The summed E-state index contributed by atoms with van der Waals surface area (Å²) in [6.07, 6.45) is 5.04. The van der Waals surface area contributed by atoms with E-state index in [1.165, 1.54) is 19.3 Å². The van der Waals surface area contributed by atoms with Gasteiger partial charge >= 0.3 is 0 Å². The van der Waals surface area contributed by atoms with Crippen molar-refractivity contribution in [1.82, 2.24) is 14.8 Å². The minimum absolute atomic E-state index is 0.0147. The first-order valence-electron chi connectivity index (χ1n) is 7.71. The van der Waals surface area contributed by atoms with Gasteiger partial charge < -0.3 is 9.88 Å². The van der Waals surface area contributed by atoms with Crippen LogP contribution in [0.2, 0.25) is 0 Å². The number of thiol groups is 1. The van der Waals surface area contributed by atoms with Crippen molar-refractivity contribution in [3.63, 3.8) is 0 Å². The highest BCUT2D eigenvalue weighted by molar-refractivity contribution is 7.80. The highest BCUT2D eigenvalue weighted by Crippen LogP contribution is 2.24. The number of rotatable bonds is 4. The highest BCUT2D eigenvalue weighted by atomic mass is 32.1. The summed E-state index contributed by atoms with van der Waals surface area (Å²) >= 11 is 4.06. The van der Waals surface area contributed by atoms with Crippen LogP contribution in [0.5, 0.6) is 0 Å². The van der Waals surface area contributed by atoms with Crippen LogP contribution in [0.4, 0.5) is 5.69 Å². The van der Waals surface area contributed by atoms with E-state index in [1.807, 2.05) is 24.3 Å². The van der Waals surface area contributed by atoms with E-state index in [-0.39, 0.29) is 5.91 Å². The van der Waals surface area contributed by atoms with Gasteiger partial charge in [-0.15, -0.1) is 10.2 Å². The van der Waals surface area contributed by atoms with E-state index < -0.39 is 0 Å². The number of carbonyl (C=O) groups excluding carboxylic acids is 1. The maximum absolute atomic E-state index is 11.6. The molecule has 1 aliphatic rings. The van der Waals surface area contributed by atoms with E-state index in [9.17, 15) is 4.79 Å². The van der Waals surface area contributed by atoms with Gasteiger partial charge in [-0.2, -0.15) is 12.6 Å². The molecule has 1 N–H and O–H groups in total. The maximum Gasteiger partial charge on any atom is 0.225 e. The van der Waals surface area contributed by atoms with Crippen molar-refractivity contribution in [2.24, 2.45) is 0 Å². The van der Waals surface area contributed by atoms with Crippen LogP contribution in [-0.4, -0.2) is 26.4 Å². The first kappa shape index (κ1) is 15.1. The molecule has 1 amide bonds. The highest BCUT2D eigenvalue weighted by Gasteiger charge is 2.15. The molecule has 2 aromatic rings. The summed E-state index contributed by atoms with van der Waals surface area (Å²) in [5, 5.41) is 11.5. The normalized spacial score (nSPS) is 14.2. The molecule has 22 heavy (non-hydrogen) atoms. The first-order valence-corrected chi connectivity index (χ1v) is 8.34. The molecule has 5 nitrogen and oxygen atoms in total. The predicted octanol–water partition coefficient (Wildman–Crippen LogP) is 2.93. The van der Waals surface area contributed by atoms with Crippen LogP contribution in [-0.2, 0) is 17.8 Å². The fourth-order valence-electron chi connectivity index (χ4n) is 2.73. The first-order chi connectivity index (χ1) is 10.8. The van der Waals surface area contributed by atoms with Gasteiger partial charge in [-0.3, -0.25) is 4.79 Å². The number of aromatic nitrogens is 3. The van der Waals surface area contributed by atoms with Gasteiger partial charge in [-0.25, -0.2) is 0 Å². The molecule has 0 unspecified atom stereocenters. The third-order valence-electron chi connectivity index (χ3n) is 3.88. The van der Waals surface area contributed by atoms with Crippen LogP contribution in [0.1, 0.15) is 31.5 Å². The Labute approximate surface area is 135 Å². The number of fused-ring (bicyclic) bond motifs is 1. The minimum atomic E-state index is -0.0147. The van der Waals surface area contributed by atoms with Crippen LogP contribution in [0.3, 0.4) is 0 Å². The zero-order chi connectivity index (χ0) is 15.4. The Bertz CT molecular complexity index is 651. The van der Waals surface area contributed by atoms with E-state index in [4.69, 9.17) is 0 Å². The molecular weight excluding hydrogens is 296 g/mol. The quantitative estimate of drug-likeness (QED) is 0.853. The second-order valence-electron chi connectivity index (χ2n) is 5.50. The molecule has 0 spiro atoms. The monoisotopic (exact) mass is 316 g/mol. The van der Waals surface area contributed by atoms with Gasteiger partial charge in [0.25, 0.3) is 0 Å². The van der Waals surface area contributed by atoms with Crippen molar-refractivity contribution in [3.8, 4) is 11.4 Å². The second-order valence-corrected chi connectivity index (χ2v) is 5.95. The van der Waals surface area contributed by atoms with E-state index in [0.717, 1.165) is 35.9 Å². The molecule has 0 fully saturated rings. The lowest BCUT2D eigenvalue weighted by molar-refractivity contribution is -0.115. The molecule has 1 aromatic carbocycles. The van der Waals surface area contributed by atoms with Crippen molar-refractivity contribution in [2.75, 3.05) is 11.1 Å². The molecule has 6 heteroatoms. The van der Waals surface area contributed by atoms with Gasteiger partial charge in [0.1, 0.15) is 5.82 Å². The van der Waals surface area contributed by atoms with Crippen LogP contribution in [0, 0.1) is 0 Å². The van der Waals surface area contributed by atoms with Gasteiger partial charge in [-0.1, -0.05) is 6.42 Å². The van der Waals surface area contributed by atoms with Gasteiger partial charge in [-0.05, 0) is 42.9 Å². The minimum Gasteiger partial charge on any atom is -0.326 e. The second kappa shape index (κ2) is 6.96. The molecule has 0 saturated carbocycles. The summed E-state index contributed by atoms with van der Waals surface area (Å²) in [4.78, 5) is 11.6. The summed E-state index contributed by atoms with van der Waals surface area (Å²) in [6.45, 7) is 0.984. The molecule has 116 valence electrons. The Hall–Kier alpha value is -1.82. The summed E-state index contributed by atoms with van der Waals surface area (Å²) < 4.78 is 2.22. The molecule has 0 bridgehead atoms. The molecule has 1 aromatic heterocycles. The molecule has 0 radical (unpaired) electrons.